The molecular weight excluding hydrogens is 344 g/mol. The van der Waals surface area contributed by atoms with Crippen LogP contribution >= 0.6 is 11.3 Å². The second-order valence-corrected chi connectivity index (χ2v) is 8.38. The van der Waals surface area contributed by atoms with E-state index < -0.39 is 0 Å². The van der Waals surface area contributed by atoms with E-state index in [9.17, 15) is 4.79 Å². The van der Waals surface area contributed by atoms with E-state index in [1.807, 2.05) is 12.3 Å². The number of fused-ring (bicyclic) bond motifs is 1. The van der Waals surface area contributed by atoms with Crippen molar-refractivity contribution in [2.45, 2.75) is 44.4 Å². The lowest BCUT2D eigenvalue weighted by molar-refractivity contribution is 0.0735. The molecule has 0 radical (unpaired) electrons. The van der Waals surface area contributed by atoms with Crippen LogP contribution in [0.5, 0.6) is 0 Å². The molecule has 4 nitrogen and oxygen atoms in total. The average molecular weight is 366 g/mol. The molecule has 2 aromatic heterocycles. The summed E-state index contributed by atoms with van der Waals surface area (Å²) >= 11 is 1.61. The van der Waals surface area contributed by atoms with Gasteiger partial charge >= 0.3 is 0 Å². The number of carbonyl (C=O) groups excluding carboxylic acids is 1. The van der Waals surface area contributed by atoms with Crippen LogP contribution in [0.15, 0.2) is 42.6 Å². The summed E-state index contributed by atoms with van der Waals surface area (Å²) in [5, 5.41) is 1.20. The van der Waals surface area contributed by atoms with Crippen molar-refractivity contribution in [3.05, 3.63) is 57.9 Å². The number of hydrogen-bond donors (Lipinski definition) is 1. The van der Waals surface area contributed by atoms with Crippen LogP contribution in [0.1, 0.15) is 51.9 Å². The van der Waals surface area contributed by atoms with Gasteiger partial charge in [-0.1, -0.05) is 6.07 Å². The van der Waals surface area contributed by atoms with Crippen molar-refractivity contribution in [3.63, 3.8) is 0 Å². The zero-order chi connectivity index (χ0) is 17.5. The molecule has 2 aliphatic rings. The lowest BCUT2D eigenvalue weighted by Gasteiger charge is -2.22. The van der Waals surface area contributed by atoms with Crippen molar-refractivity contribution in [1.82, 2.24) is 9.88 Å². The molecule has 1 aliphatic heterocycles. The van der Waals surface area contributed by atoms with E-state index in [0.717, 1.165) is 42.7 Å². The van der Waals surface area contributed by atoms with Gasteiger partial charge in [0.15, 0.2) is 0 Å². The van der Waals surface area contributed by atoms with E-state index in [-0.39, 0.29) is 12.0 Å². The Morgan fingerprint density at radius 2 is 2.12 bits per heavy atom. The second-order valence-electron chi connectivity index (χ2n) is 7.27. The molecule has 5 heteroatoms. The Balaban J connectivity index is 1.37. The molecule has 1 aliphatic carbocycles. The molecule has 1 N–H and O–H groups in total. The zero-order valence-electron chi connectivity index (χ0n) is 14.6. The molecule has 134 valence electrons. The van der Waals surface area contributed by atoms with Crippen molar-refractivity contribution in [2.75, 3.05) is 6.61 Å². The minimum atomic E-state index is 0.163. The van der Waals surface area contributed by atoms with Crippen LogP contribution in [0.2, 0.25) is 0 Å². The third-order valence-electron chi connectivity index (χ3n) is 5.30. The summed E-state index contributed by atoms with van der Waals surface area (Å²) in [5.74, 6) is 0.163. The van der Waals surface area contributed by atoms with Gasteiger partial charge in [0.05, 0.1) is 11.0 Å². The largest absolute Gasteiger partial charge is 0.373 e. The first-order valence-electron chi connectivity index (χ1n) is 9.36. The zero-order valence-corrected chi connectivity index (χ0v) is 15.4. The maximum Gasteiger partial charge on any atom is 0.264 e. The summed E-state index contributed by atoms with van der Waals surface area (Å²) in [7, 11) is 0. The molecule has 1 aromatic carbocycles. The summed E-state index contributed by atoms with van der Waals surface area (Å²) < 4.78 is 5.76. The van der Waals surface area contributed by atoms with E-state index in [1.54, 1.807) is 11.3 Å². The Kier molecular flexibility index (Phi) is 4.06. The molecule has 0 spiro atoms. The quantitative estimate of drug-likeness (QED) is 0.699. The Morgan fingerprint density at radius 3 is 2.92 bits per heavy atom. The molecule has 26 heavy (non-hydrogen) atoms. The highest BCUT2D eigenvalue weighted by molar-refractivity contribution is 7.14. The predicted octanol–water partition coefficient (Wildman–Crippen LogP) is 4.89. The van der Waals surface area contributed by atoms with Crippen LogP contribution in [0.4, 0.5) is 0 Å². The van der Waals surface area contributed by atoms with Crippen molar-refractivity contribution < 1.29 is 9.53 Å². The molecule has 1 atom stereocenters. The highest BCUT2D eigenvalue weighted by Crippen LogP contribution is 2.36. The van der Waals surface area contributed by atoms with E-state index in [0.29, 0.717) is 12.6 Å². The number of nitrogens with one attached hydrogen (secondary N) is 1. The lowest BCUT2D eigenvalue weighted by atomic mass is 10.1. The summed E-state index contributed by atoms with van der Waals surface area (Å²) in [4.78, 5) is 20.5. The van der Waals surface area contributed by atoms with E-state index in [1.165, 1.54) is 15.8 Å². The fourth-order valence-corrected chi connectivity index (χ4v) is 4.78. The van der Waals surface area contributed by atoms with Gasteiger partial charge in [-0.15, -0.1) is 11.3 Å². The van der Waals surface area contributed by atoms with Crippen molar-refractivity contribution in [3.8, 4) is 0 Å². The molecular formula is C21H22N2O2S. The number of thiophene rings is 1. The molecule has 1 amide bonds. The van der Waals surface area contributed by atoms with E-state index in [2.05, 4.69) is 40.2 Å². The minimum absolute atomic E-state index is 0.163. The molecule has 1 unspecified atom stereocenters. The van der Waals surface area contributed by atoms with Crippen LogP contribution in [0, 0.1) is 0 Å². The Hall–Kier alpha value is -2.11. The number of ether oxygens (including phenoxy) is 1. The number of aromatic nitrogens is 1. The van der Waals surface area contributed by atoms with Crippen LogP contribution in [-0.2, 0) is 11.3 Å². The van der Waals surface area contributed by atoms with Crippen molar-refractivity contribution in [2.24, 2.45) is 0 Å². The maximum atomic E-state index is 13.2. The van der Waals surface area contributed by atoms with E-state index in [4.69, 9.17) is 4.74 Å². The monoisotopic (exact) mass is 366 g/mol. The molecule has 2 fully saturated rings. The first kappa shape index (κ1) is 16.1. The molecule has 0 bridgehead atoms. The number of carbonyl (C=O) groups is 1. The SMILES string of the molecule is O=C(c1ccc(C2CCCO2)s1)N(Cc1ccc2[nH]ccc2c1)C1CC1. The number of nitrogens with zero attached hydrogens (tertiary/aromatic N) is 1. The average Bonchev–Trinajstić information content (AvgIpc) is 3.11. The fraction of sp³-hybridized carbons (Fsp3) is 0.381. The first-order valence-corrected chi connectivity index (χ1v) is 10.2. The Bertz CT molecular complexity index is 934. The summed E-state index contributed by atoms with van der Waals surface area (Å²) in [6.45, 7) is 1.51. The molecule has 5 rings (SSSR count). The van der Waals surface area contributed by atoms with Gasteiger partial charge in [0.1, 0.15) is 0 Å². The normalized spacial score (nSPS) is 19.9. The van der Waals surface area contributed by atoms with Crippen LogP contribution in [0.3, 0.4) is 0 Å². The van der Waals surface area contributed by atoms with Gasteiger partial charge in [-0.3, -0.25) is 4.79 Å². The number of hydrogen-bond acceptors (Lipinski definition) is 3. The Morgan fingerprint density at radius 1 is 1.19 bits per heavy atom. The second kappa shape index (κ2) is 6.56. The van der Waals surface area contributed by atoms with E-state index >= 15 is 0 Å². The minimum Gasteiger partial charge on any atom is -0.373 e. The molecule has 1 saturated carbocycles. The smallest absolute Gasteiger partial charge is 0.264 e. The van der Waals surface area contributed by atoms with Gasteiger partial charge in [-0.05, 0) is 67.0 Å². The van der Waals surface area contributed by atoms with Gasteiger partial charge < -0.3 is 14.6 Å². The highest BCUT2D eigenvalue weighted by atomic mass is 32.1. The van der Waals surface area contributed by atoms with Crippen molar-refractivity contribution in [1.29, 1.82) is 0 Å². The number of H-pyrrole nitrogens is 1. The maximum absolute atomic E-state index is 13.2. The summed E-state index contributed by atoms with van der Waals surface area (Å²) in [6.07, 6.45) is 6.55. The fourth-order valence-electron chi connectivity index (χ4n) is 3.74. The predicted molar refractivity (Wildman–Crippen MR) is 103 cm³/mol. The summed E-state index contributed by atoms with van der Waals surface area (Å²) in [5.41, 5.74) is 2.32. The number of amides is 1. The first-order chi connectivity index (χ1) is 12.8. The van der Waals surface area contributed by atoms with Gasteiger partial charge in [0.2, 0.25) is 0 Å². The lowest BCUT2D eigenvalue weighted by Crippen LogP contribution is -2.32. The van der Waals surface area contributed by atoms with Gasteiger partial charge in [-0.2, -0.15) is 0 Å². The Labute approximate surface area is 156 Å². The van der Waals surface area contributed by atoms with Gasteiger partial charge in [-0.25, -0.2) is 0 Å². The van der Waals surface area contributed by atoms with Crippen LogP contribution in [-0.4, -0.2) is 28.4 Å². The number of benzene rings is 1. The third-order valence-corrected chi connectivity index (χ3v) is 6.47. The van der Waals surface area contributed by atoms with Gasteiger partial charge in [0, 0.05) is 35.8 Å². The molecule has 3 aromatic rings. The van der Waals surface area contributed by atoms with Crippen molar-refractivity contribution >= 4 is 28.1 Å². The summed E-state index contributed by atoms with van der Waals surface area (Å²) in [6, 6.07) is 12.9. The number of aromatic amines is 1. The molecule has 1 saturated heterocycles. The standard InChI is InChI=1S/C21H22N2O2S/c24-21(20-8-7-19(26-20)18-2-1-11-25-18)23(16-4-5-16)13-14-3-6-17-15(12-14)9-10-22-17/h3,6-10,12,16,18,22H,1-2,4-5,11,13H2. The van der Waals surface area contributed by atoms with Crippen LogP contribution < -0.4 is 0 Å². The highest BCUT2D eigenvalue weighted by Gasteiger charge is 2.34. The van der Waals surface area contributed by atoms with Crippen LogP contribution in [0.25, 0.3) is 10.9 Å². The molecule has 3 heterocycles. The number of rotatable bonds is 5. The third kappa shape index (κ3) is 3.06. The van der Waals surface area contributed by atoms with Gasteiger partial charge in [0.25, 0.3) is 5.91 Å². The topological polar surface area (TPSA) is 45.3 Å².